The van der Waals surface area contributed by atoms with Gasteiger partial charge in [0.2, 0.25) is 0 Å². The van der Waals surface area contributed by atoms with Crippen LogP contribution < -0.4 is 5.32 Å². The first kappa shape index (κ1) is 20.2. The fourth-order valence-corrected chi connectivity index (χ4v) is 3.65. The molecule has 1 aromatic heterocycles. The molecular formula is C25H24ClN3O. The van der Waals surface area contributed by atoms with Crippen molar-refractivity contribution in [1.29, 1.82) is 0 Å². The number of hydrogen-bond acceptors (Lipinski definition) is 2. The lowest BCUT2D eigenvalue weighted by molar-refractivity contribution is 0.0953. The predicted octanol–water partition coefficient (Wildman–Crippen LogP) is 5.41. The van der Waals surface area contributed by atoms with Crippen molar-refractivity contribution in [3.05, 3.63) is 100 Å². The predicted molar refractivity (Wildman–Crippen MR) is 122 cm³/mol. The normalized spacial score (nSPS) is 11.0. The number of fused-ring (bicyclic) bond motifs is 1. The Morgan fingerprint density at radius 2 is 1.73 bits per heavy atom. The van der Waals surface area contributed by atoms with E-state index in [-0.39, 0.29) is 5.91 Å². The minimum absolute atomic E-state index is 0.0835. The van der Waals surface area contributed by atoms with E-state index < -0.39 is 0 Å². The molecule has 4 rings (SSSR count). The third-order valence-electron chi connectivity index (χ3n) is 5.16. The number of nitrogens with zero attached hydrogens (tertiary/aromatic N) is 2. The van der Waals surface area contributed by atoms with E-state index in [4.69, 9.17) is 16.6 Å². The van der Waals surface area contributed by atoms with Gasteiger partial charge in [-0.1, -0.05) is 53.6 Å². The van der Waals surface area contributed by atoms with Crippen molar-refractivity contribution >= 4 is 28.5 Å². The molecule has 0 unspecified atom stereocenters. The summed E-state index contributed by atoms with van der Waals surface area (Å²) in [6.45, 7) is 3.47. The Morgan fingerprint density at radius 1 is 1.00 bits per heavy atom. The number of para-hydroxylation sites is 2. The van der Waals surface area contributed by atoms with Crippen molar-refractivity contribution in [2.24, 2.45) is 0 Å². The monoisotopic (exact) mass is 417 g/mol. The second-order valence-corrected chi connectivity index (χ2v) is 7.89. The van der Waals surface area contributed by atoms with E-state index in [0.717, 1.165) is 36.2 Å². The van der Waals surface area contributed by atoms with Crippen molar-refractivity contribution in [3.8, 4) is 0 Å². The van der Waals surface area contributed by atoms with Gasteiger partial charge in [0.1, 0.15) is 5.82 Å². The van der Waals surface area contributed by atoms with Crippen molar-refractivity contribution in [2.75, 3.05) is 6.54 Å². The number of aromatic nitrogens is 2. The lowest BCUT2D eigenvalue weighted by Crippen LogP contribution is -2.25. The van der Waals surface area contributed by atoms with Gasteiger partial charge in [0, 0.05) is 30.1 Å². The van der Waals surface area contributed by atoms with Crippen LogP contribution >= 0.6 is 11.6 Å². The standard InChI is InChI=1S/C25H24ClN3O/c1-18-8-10-19(11-9-18)17-29-23-6-3-2-5-22(23)28-24(29)7-4-16-27-25(30)20-12-14-21(26)15-13-20/h2-3,5-6,8-15H,4,7,16-17H2,1H3,(H,27,30). The molecule has 3 aromatic carbocycles. The number of halogens is 1. The molecule has 0 aliphatic heterocycles. The maximum Gasteiger partial charge on any atom is 0.251 e. The molecule has 152 valence electrons. The average molecular weight is 418 g/mol. The van der Waals surface area contributed by atoms with Crippen LogP contribution in [-0.2, 0) is 13.0 Å². The lowest BCUT2D eigenvalue weighted by atomic mass is 10.1. The number of carbonyl (C=O) groups is 1. The van der Waals surface area contributed by atoms with Crippen LogP contribution in [0.5, 0.6) is 0 Å². The highest BCUT2D eigenvalue weighted by Crippen LogP contribution is 2.19. The quantitative estimate of drug-likeness (QED) is 0.409. The fraction of sp³-hybridized carbons (Fsp3) is 0.200. The summed E-state index contributed by atoms with van der Waals surface area (Å²) in [5.74, 6) is 0.956. The smallest absolute Gasteiger partial charge is 0.251 e. The molecule has 4 aromatic rings. The second kappa shape index (κ2) is 9.14. The van der Waals surface area contributed by atoms with Crippen molar-refractivity contribution in [1.82, 2.24) is 14.9 Å². The number of amides is 1. The van der Waals surface area contributed by atoms with Gasteiger partial charge >= 0.3 is 0 Å². The Kier molecular flexibility index (Phi) is 6.15. The summed E-state index contributed by atoms with van der Waals surface area (Å²) in [7, 11) is 0. The molecule has 0 saturated heterocycles. The second-order valence-electron chi connectivity index (χ2n) is 7.45. The lowest BCUT2D eigenvalue weighted by Gasteiger charge is -2.10. The maximum atomic E-state index is 12.3. The summed E-state index contributed by atoms with van der Waals surface area (Å²) >= 11 is 5.88. The summed E-state index contributed by atoms with van der Waals surface area (Å²) in [4.78, 5) is 17.1. The van der Waals surface area contributed by atoms with Crippen LogP contribution in [0.3, 0.4) is 0 Å². The van der Waals surface area contributed by atoms with E-state index in [1.165, 1.54) is 11.1 Å². The number of aryl methyl sites for hydroxylation is 2. The third kappa shape index (κ3) is 4.71. The summed E-state index contributed by atoms with van der Waals surface area (Å²) in [5.41, 5.74) is 5.26. The first-order valence-electron chi connectivity index (χ1n) is 10.1. The minimum Gasteiger partial charge on any atom is -0.352 e. The van der Waals surface area contributed by atoms with Gasteiger partial charge < -0.3 is 9.88 Å². The molecule has 0 fully saturated rings. The zero-order valence-electron chi connectivity index (χ0n) is 16.9. The van der Waals surface area contributed by atoms with Crippen LogP contribution in [0, 0.1) is 6.92 Å². The molecule has 0 aliphatic carbocycles. The van der Waals surface area contributed by atoms with E-state index >= 15 is 0 Å². The summed E-state index contributed by atoms with van der Waals surface area (Å²) in [6.07, 6.45) is 1.61. The van der Waals surface area contributed by atoms with Gasteiger partial charge in [0.05, 0.1) is 11.0 Å². The number of hydrogen-bond donors (Lipinski definition) is 1. The van der Waals surface area contributed by atoms with Gasteiger partial charge in [-0.2, -0.15) is 0 Å². The molecule has 0 spiro atoms. The average Bonchev–Trinajstić information content (AvgIpc) is 3.10. The van der Waals surface area contributed by atoms with Crippen LogP contribution in [0.2, 0.25) is 5.02 Å². The number of nitrogens with one attached hydrogen (secondary N) is 1. The van der Waals surface area contributed by atoms with E-state index in [1.54, 1.807) is 24.3 Å². The molecule has 1 N–H and O–H groups in total. The SMILES string of the molecule is Cc1ccc(Cn2c(CCCNC(=O)c3ccc(Cl)cc3)nc3ccccc32)cc1. The summed E-state index contributed by atoms with van der Waals surface area (Å²) in [6, 6.07) is 23.8. The van der Waals surface area contributed by atoms with Gasteiger partial charge in [-0.05, 0) is 55.3 Å². The molecule has 0 atom stereocenters. The largest absolute Gasteiger partial charge is 0.352 e. The highest BCUT2D eigenvalue weighted by atomic mass is 35.5. The third-order valence-corrected chi connectivity index (χ3v) is 5.42. The molecule has 0 radical (unpaired) electrons. The Bertz CT molecular complexity index is 1150. The van der Waals surface area contributed by atoms with Crippen LogP contribution in [0.1, 0.15) is 33.7 Å². The van der Waals surface area contributed by atoms with Gasteiger partial charge in [0.25, 0.3) is 5.91 Å². The van der Waals surface area contributed by atoms with Gasteiger partial charge in [-0.3, -0.25) is 4.79 Å². The Hall–Kier alpha value is -3.11. The summed E-state index contributed by atoms with van der Waals surface area (Å²) in [5, 5.41) is 3.60. The van der Waals surface area contributed by atoms with Crippen molar-refractivity contribution in [3.63, 3.8) is 0 Å². The zero-order chi connectivity index (χ0) is 20.9. The maximum absolute atomic E-state index is 12.3. The molecule has 0 aliphatic rings. The zero-order valence-corrected chi connectivity index (χ0v) is 17.7. The molecule has 1 heterocycles. The van der Waals surface area contributed by atoms with E-state index in [9.17, 15) is 4.79 Å². The Labute approximate surface area is 181 Å². The van der Waals surface area contributed by atoms with Crippen molar-refractivity contribution in [2.45, 2.75) is 26.3 Å². The number of benzene rings is 3. The Morgan fingerprint density at radius 3 is 2.50 bits per heavy atom. The van der Waals surface area contributed by atoms with E-state index in [1.807, 2.05) is 18.2 Å². The molecule has 5 heteroatoms. The van der Waals surface area contributed by atoms with Crippen molar-refractivity contribution < 1.29 is 4.79 Å². The number of carbonyl (C=O) groups excluding carboxylic acids is 1. The Balaban J connectivity index is 1.43. The van der Waals surface area contributed by atoms with Crippen LogP contribution in [-0.4, -0.2) is 22.0 Å². The molecule has 4 nitrogen and oxygen atoms in total. The van der Waals surface area contributed by atoms with Crippen LogP contribution in [0.4, 0.5) is 0 Å². The number of imidazole rings is 1. The fourth-order valence-electron chi connectivity index (χ4n) is 3.52. The van der Waals surface area contributed by atoms with Gasteiger partial charge in [-0.15, -0.1) is 0 Å². The highest BCUT2D eigenvalue weighted by molar-refractivity contribution is 6.30. The first-order chi connectivity index (χ1) is 14.6. The van der Waals surface area contributed by atoms with Crippen LogP contribution in [0.25, 0.3) is 11.0 Å². The van der Waals surface area contributed by atoms with Crippen LogP contribution in [0.15, 0.2) is 72.8 Å². The molecule has 1 amide bonds. The highest BCUT2D eigenvalue weighted by Gasteiger charge is 2.11. The molecular weight excluding hydrogens is 394 g/mol. The van der Waals surface area contributed by atoms with Gasteiger partial charge in [0.15, 0.2) is 0 Å². The first-order valence-corrected chi connectivity index (χ1v) is 10.5. The topological polar surface area (TPSA) is 46.9 Å². The van der Waals surface area contributed by atoms with E-state index in [0.29, 0.717) is 17.1 Å². The molecule has 0 saturated carbocycles. The molecule has 30 heavy (non-hydrogen) atoms. The number of rotatable bonds is 7. The van der Waals surface area contributed by atoms with E-state index in [2.05, 4.69) is 47.1 Å². The minimum atomic E-state index is -0.0835. The summed E-state index contributed by atoms with van der Waals surface area (Å²) < 4.78 is 2.28. The van der Waals surface area contributed by atoms with Gasteiger partial charge in [-0.25, -0.2) is 4.98 Å². The molecule has 0 bridgehead atoms.